The molecule has 1 N–H and O–H groups in total. The number of anilines is 1. The van der Waals surface area contributed by atoms with Gasteiger partial charge in [0.15, 0.2) is 0 Å². The minimum atomic E-state index is -0.537. The lowest BCUT2D eigenvalue weighted by Crippen LogP contribution is -2.27. The lowest BCUT2D eigenvalue weighted by molar-refractivity contribution is -0.384. The van der Waals surface area contributed by atoms with Crippen LogP contribution in [0.25, 0.3) is 0 Å². The van der Waals surface area contributed by atoms with Gasteiger partial charge in [0.05, 0.1) is 21.6 Å². The van der Waals surface area contributed by atoms with Gasteiger partial charge in [-0.1, -0.05) is 29.3 Å². The molecule has 0 heterocycles. The van der Waals surface area contributed by atoms with Crippen molar-refractivity contribution < 1.29 is 10.0 Å². The molecule has 0 unspecified atom stereocenters. The molecule has 0 aromatic heterocycles. The van der Waals surface area contributed by atoms with Crippen LogP contribution in [0.5, 0.6) is 0 Å². The zero-order valence-electron chi connectivity index (χ0n) is 9.47. The molecule has 0 saturated carbocycles. The van der Waals surface area contributed by atoms with Gasteiger partial charge in [0.2, 0.25) is 0 Å². The fraction of sp³-hybridized carbons (Fsp3) is 0.273. The van der Waals surface area contributed by atoms with Crippen LogP contribution in [0.15, 0.2) is 24.8 Å². The zero-order valence-corrected chi connectivity index (χ0v) is 11.0. The monoisotopic (exact) mass is 290 g/mol. The first kappa shape index (κ1) is 14.8. The van der Waals surface area contributed by atoms with E-state index in [0.29, 0.717) is 12.2 Å². The second kappa shape index (κ2) is 6.58. The van der Waals surface area contributed by atoms with Gasteiger partial charge in [-0.15, -0.1) is 6.58 Å². The van der Waals surface area contributed by atoms with E-state index in [9.17, 15) is 10.1 Å². The third kappa shape index (κ3) is 3.35. The predicted molar refractivity (Wildman–Crippen MR) is 72.6 cm³/mol. The molecule has 1 aromatic carbocycles. The second-order valence-corrected chi connectivity index (χ2v) is 4.28. The van der Waals surface area contributed by atoms with Crippen molar-refractivity contribution in [2.24, 2.45) is 0 Å². The van der Waals surface area contributed by atoms with Gasteiger partial charge < -0.3 is 10.0 Å². The normalized spacial score (nSPS) is 10.2. The van der Waals surface area contributed by atoms with Gasteiger partial charge in [0.1, 0.15) is 5.69 Å². The number of benzene rings is 1. The molecule has 0 aliphatic heterocycles. The molecule has 5 nitrogen and oxygen atoms in total. The average Bonchev–Trinajstić information content (AvgIpc) is 2.31. The fourth-order valence-electron chi connectivity index (χ4n) is 1.51. The molecule has 1 aromatic rings. The van der Waals surface area contributed by atoms with Crippen LogP contribution >= 0.6 is 23.2 Å². The van der Waals surface area contributed by atoms with Crippen molar-refractivity contribution in [1.82, 2.24) is 0 Å². The fourth-order valence-corrected chi connectivity index (χ4v) is 1.83. The SMILES string of the molecule is C=CCN(CCO)c1cc(Cl)c(Cl)cc1[N+](=O)[O-]. The van der Waals surface area contributed by atoms with Gasteiger partial charge in [0, 0.05) is 19.2 Å². The van der Waals surface area contributed by atoms with Crippen molar-refractivity contribution in [3.63, 3.8) is 0 Å². The third-order valence-corrected chi connectivity index (χ3v) is 3.00. The molecule has 0 aliphatic carbocycles. The van der Waals surface area contributed by atoms with E-state index in [0.717, 1.165) is 0 Å². The molecule has 0 aliphatic rings. The summed E-state index contributed by atoms with van der Waals surface area (Å²) in [6.45, 7) is 4.04. The van der Waals surface area contributed by atoms with E-state index in [1.165, 1.54) is 12.1 Å². The standard InChI is InChI=1S/C11H12Cl2N2O3/c1-2-3-14(4-5-16)10-6-8(12)9(13)7-11(10)15(17)18/h2,6-7,16H,1,3-5H2. The summed E-state index contributed by atoms with van der Waals surface area (Å²) in [6.07, 6.45) is 1.59. The van der Waals surface area contributed by atoms with Crippen molar-refractivity contribution in [3.8, 4) is 0 Å². The number of aliphatic hydroxyl groups is 1. The molecule has 7 heteroatoms. The number of nitro benzene ring substituents is 1. The summed E-state index contributed by atoms with van der Waals surface area (Å²) in [5, 5.41) is 20.3. The first-order chi connectivity index (χ1) is 8.51. The summed E-state index contributed by atoms with van der Waals surface area (Å²) in [7, 11) is 0. The minimum absolute atomic E-state index is 0.120. The van der Waals surface area contributed by atoms with Gasteiger partial charge in [-0.3, -0.25) is 10.1 Å². The van der Waals surface area contributed by atoms with Crippen LogP contribution < -0.4 is 4.90 Å². The Bertz CT molecular complexity index is 466. The minimum Gasteiger partial charge on any atom is -0.395 e. The van der Waals surface area contributed by atoms with Crippen molar-refractivity contribution >= 4 is 34.6 Å². The molecule has 0 fully saturated rings. The number of nitrogens with zero attached hydrogens (tertiary/aromatic N) is 2. The molecule has 0 spiro atoms. The Morgan fingerprint density at radius 1 is 1.44 bits per heavy atom. The number of nitro groups is 1. The van der Waals surface area contributed by atoms with Crippen LogP contribution in [-0.2, 0) is 0 Å². The smallest absolute Gasteiger partial charge is 0.294 e. The number of halogens is 2. The Morgan fingerprint density at radius 2 is 2.06 bits per heavy atom. The van der Waals surface area contributed by atoms with Crippen molar-refractivity contribution in [3.05, 3.63) is 44.9 Å². The highest BCUT2D eigenvalue weighted by atomic mass is 35.5. The summed E-state index contributed by atoms with van der Waals surface area (Å²) in [5.74, 6) is 0. The van der Waals surface area contributed by atoms with E-state index < -0.39 is 4.92 Å². The summed E-state index contributed by atoms with van der Waals surface area (Å²) < 4.78 is 0. The van der Waals surface area contributed by atoms with Crippen molar-refractivity contribution in [2.75, 3.05) is 24.6 Å². The van der Waals surface area contributed by atoms with Crippen molar-refractivity contribution in [2.45, 2.75) is 0 Å². The molecule has 0 atom stereocenters. The Balaban J connectivity index is 3.29. The molecule has 0 amide bonds. The van der Waals surface area contributed by atoms with Crippen LogP contribution in [-0.4, -0.2) is 29.7 Å². The van der Waals surface area contributed by atoms with Crippen LogP contribution in [0, 0.1) is 10.1 Å². The summed E-state index contributed by atoms with van der Waals surface area (Å²) in [6, 6.07) is 2.62. The van der Waals surface area contributed by atoms with Crippen molar-refractivity contribution in [1.29, 1.82) is 0 Å². The Labute approximate surface area is 114 Å². The number of hydrogen-bond donors (Lipinski definition) is 1. The predicted octanol–water partition coefficient (Wildman–Crippen LogP) is 2.89. The van der Waals surface area contributed by atoms with Gasteiger partial charge in [-0.2, -0.15) is 0 Å². The topological polar surface area (TPSA) is 66.6 Å². The van der Waals surface area contributed by atoms with Gasteiger partial charge in [-0.25, -0.2) is 0 Å². The zero-order chi connectivity index (χ0) is 13.7. The molecular weight excluding hydrogens is 279 g/mol. The third-order valence-electron chi connectivity index (χ3n) is 2.27. The van der Waals surface area contributed by atoms with Crippen LogP contribution in [0.4, 0.5) is 11.4 Å². The summed E-state index contributed by atoms with van der Waals surface area (Å²) in [5.41, 5.74) is 0.156. The molecule has 0 radical (unpaired) electrons. The highest BCUT2D eigenvalue weighted by Crippen LogP contribution is 2.36. The molecular formula is C11H12Cl2N2O3. The Morgan fingerprint density at radius 3 is 2.56 bits per heavy atom. The summed E-state index contributed by atoms with van der Waals surface area (Å²) in [4.78, 5) is 12.1. The highest BCUT2D eigenvalue weighted by molar-refractivity contribution is 6.42. The highest BCUT2D eigenvalue weighted by Gasteiger charge is 2.21. The number of hydrogen-bond acceptors (Lipinski definition) is 4. The van der Waals surface area contributed by atoms with Gasteiger partial charge >= 0.3 is 0 Å². The molecule has 1 rings (SSSR count). The van der Waals surface area contributed by atoms with Crippen LogP contribution in [0.3, 0.4) is 0 Å². The first-order valence-electron chi connectivity index (χ1n) is 5.11. The maximum Gasteiger partial charge on any atom is 0.294 e. The first-order valence-corrected chi connectivity index (χ1v) is 5.87. The second-order valence-electron chi connectivity index (χ2n) is 3.47. The summed E-state index contributed by atoms with van der Waals surface area (Å²) >= 11 is 11.6. The van der Waals surface area contributed by atoms with E-state index in [1.807, 2.05) is 0 Å². The van der Waals surface area contributed by atoms with Crippen LogP contribution in [0.1, 0.15) is 0 Å². The Kier molecular flexibility index (Phi) is 5.40. The van der Waals surface area contributed by atoms with E-state index in [1.54, 1.807) is 11.0 Å². The number of aliphatic hydroxyl groups excluding tert-OH is 1. The van der Waals surface area contributed by atoms with Gasteiger partial charge in [0.25, 0.3) is 5.69 Å². The molecule has 0 bridgehead atoms. The largest absolute Gasteiger partial charge is 0.395 e. The maximum atomic E-state index is 11.0. The lowest BCUT2D eigenvalue weighted by atomic mass is 10.2. The Hall–Kier alpha value is -1.30. The van der Waals surface area contributed by atoms with Crippen LogP contribution in [0.2, 0.25) is 10.0 Å². The molecule has 98 valence electrons. The van der Waals surface area contributed by atoms with E-state index in [4.69, 9.17) is 28.3 Å². The van der Waals surface area contributed by atoms with E-state index >= 15 is 0 Å². The molecule has 0 saturated heterocycles. The maximum absolute atomic E-state index is 11.0. The molecule has 18 heavy (non-hydrogen) atoms. The average molecular weight is 291 g/mol. The van der Waals surface area contributed by atoms with E-state index in [2.05, 4.69) is 6.58 Å². The number of rotatable bonds is 6. The lowest BCUT2D eigenvalue weighted by Gasteiger charge is -2.22. The van der Waals surface area contributed by atoms with E-state index in [-0.39, 0.29) is 28.9 Å². The van der Waals surface area contributed by atoms with Gasteiger partial charge in [-0.05, 0) is 6.07 Å². The quantitative estimate of drug-likeness (QED) is 0.497.